The Bertz CT molecular complexity index is 1590. The van der Waals surface area contributed by atoms with E-state index >= 15 is 0 Å². The Kier molecular flexibility index (Phi) is 5.33. The first-order valence-electron chi connectivity index (χ1n) is 11.8. The fourth-order valence-electron chi connectivity index (χ4n) is 4.80. The third-order valence-electron chi connectivity index (χ3n) is 6.34. The van der Waals surface area contributed by atoms with E-state index in [0.29, 0.717) is 23.4 Å². The van der Waals surface area contributed by atoms with Crippen LogP contribution in [0.15, 0.2) is 57.6 Å². The van der Waals surface area contributed by atoms with Crippen molar-refractivity contribution in [3.63, 3.8) is 0 Å². The van der Waals surface area contributed by atoms with Crippen LogP contribution in [0.4, 0.5) is 5.13 Å². The maximum Gasteiger partial charge on any atom is 0.222 e. The molecule has 4 N–H and O–H groups in total. The minimum Gasteiger partial charge on any atom is -0.474 e. The number of aromatic nitrogens is 2. The van der Waals surface area contributed by atoms with Crippen molar-refractivity contribution < 1.29 is 4.74 Å². The number of amidine groups is 1. The van der Waals surface area contributed by atoms with Crippen LogP contribution in [0.1, 0.15) is 30.7 Å². The number of ether oxygens (including phenoxy) is 1. The van der Waals surface area contributed by atoms with Gasteiger partial charge < -0.3 is 16.2 Å². The normalized spacial score (nSPS) is 19.2. The number of nitrogen functional groups attached to an aromatic ring is 1. The van der Waals surface area contributed by atoms with Crippen molar-refractivity contribution in [1.82, 2.24) is 15.0 Å². The maximum absolute atomic E-state index is 6.38. The fraction of sp³-hybridized carbons (Fsp3) is 0.269. The molecule has 2 aliphatic rings. The van der Waals surface area contributed by atoms with Gasteiger partial charge in [-0.1, -0.05) is 35.6 Å². The number of aliphatic imine (C=N–C) groups is 2. The first-order chi connectivity index (χ1) is 17.4. The van der Waals surface area contributed by atoms with Gasteiger partial charge in [0.25, 0.3) is 0 Å². The molecular formula is C26H26N8OS. The molecule has 4 heterocycles. The Morgan fingerprint density at radius 2 is 1.97 bits per heavy atom. The van der Waals surface area contributed by atoms with Gasteiger partial charge in [0, 0.05) is 10.9 Å². The Morgan fingerprint density at radius 1 is 1.11 bits per heavy atom. The zero-order valence-corrected chi connectivity index (χ0v) is 21.0. The molecule has 9 nitrogen and oxygen atoms in total. The van der Waals surface area contributed by atoms with Crippen LogP contribution in [-0.4, -0.2) is 45.1 Å². The van der Waals surface area contributed by atoms with Gasteiger partial charge in [0.15, 0.2) is 11.3 Å². The predicted octanol–water partition coefficient (Wildman–Crippen LogP) is 4.08. The molecule has 2 aliphatic heterocycles. The third-order valence-corrected chi connectivity index (χ3v) is 7.18. The molecule has 0 amide bonds. The molecular weight excluding hydrogens is 472 g/mol. The summed E-state index contributed by atoms with van der Waals surface area (Å²) in [5.41, 5.74) is 16.9. The average molecular weight is 499 g/mol. The lowest BCUT2D eigenvalue weighted by Gasteiger charge is -2.26. The minimum atomic E-state index is -0.302. The van der Waals surface area contributed by atoms with E-state index in [9.17, 15) is 0 Å². The van der Waals surface area contributed by atoms with Crippen LogP contribution in [0.5, 0.6) is 5.88 Å². The van der Waals surface area contributed by atoms with Gasteiger partial charge in [-0.3, -0.25) is 5.01 Å². The van der Waals surface area contributed by atoms with E-state index in [1.165, 1.54) is 17.7 Å². The summed E-state index contributed by atoms with van der Waals surface area (Å²) in [5.74, 6) is 0.870. The van der Waals surface area contributed by atoms with Crippen LogP contribution in [0, 0.1) is 12.8 Å². The van der Waals surface area contributed by atoms with Crippen molar-refractivity contribution in [1.29, 1.82) is 0 Å². The summed E-state index contributed by atoms with van der Waals surface area (Å²) in [7, 11) is 0. The molecule has 0 aliphatic carbocycles. The van der Waals surface area contributed by atoms with E-state index in [0.717, 1.165) is 43.5 Å². The molecule has 6 rings (SSSR count). The number of benzene rings is 2. The van der Waals surface area contributed by atoms with E-state index in [1.807, 2.05) is 37.1 Å². The summed E-state index contributed by atoms with van der Waals surface area (Å²) in [4.78, 5) is 18.2. The molecule has 0 bridgehead atoms. The van der Waals surface area contributed by atoms with Crippen molar-refractivity contribution in [2.75, 3.05) is 5.73 Å². The molecule has 0 spiro atoms. The largest absolute Gasteiger partial charge is 0.474 e. The minimum absolute atomic E-state index is 0.00555. The first-order valence-corrected chi connectivity index (χ1v) is 12.6. The molecule has 2 aromatic heterocycles. The number of anilines is 1. The predicted molar refractivity (Wildman–Crippen MR) is 146 cm³/mol. The summed E-state index contributed by atoms with van der Waals surface area (Å²) >= 11 is 1.45. The number of fused-ring (bicyclic) bond motifs is 3. The van der Waals surface area contributed by atoms with Gasteiger partial charge in [-0.05, 0) is 49.9 Å². The molecule has 0 saturated carbocycles. The zero-order chi connectivity index (χ0) is 25.0. The lowest BCUT2D eigenvalue weighted by Crippen LogP contribution is -2.42. The Morgan fingerprint density at radius 3 is 2.81 bits per heavy atom. The highest BCUT2D eigenvalue weighted by Crippen LogP contribution is 2.34. The molecule has 4 aromatic rings. The van der Waals surface area contributed by atoms with Crippen LogP contribution in [-0.2, 0) is 6.54 Å². The molecule has 2 atom stereocenters. The molecule has 10 heteroatoms. The Labute approximate surface area is 212 Å². The fourth-order valence-corrected chi connectivity index (χ4v) is 5.58. The number of hydrogen-bond donors (Lipinski definition) is 2. The monoisotopic (exact) mass is 498 g/mol. The van der Waals surface area contributed by atoms with Crippen molar-refractivity contribution in [2.24, 2.45) is 26.7 Å². The van der Waals surface area contributed by atoms with E-state index in [-0.39, 0.29) is 18.2 Å². The van der Waals surface area contributed by atoms with Crippen LogP contribution >= 0.6 is 11.3 Å². The lowest BCUT2D eigenvalue weighted by atomic mass is 9.93. The summed E-state index contributed by atoms with van der Waals surface area (Å²) in [5, 5.41) is 9.58. The molecule has 0 fully saturated rings. The van der Waals surface area contributed by atoms with Crippen LogP contribution in [0.2, 0.25) is 0 Å². The first kappa shape index (κ1) is 22.4. The van der Waals surface area contributed by atoms with Gasteiger partial charge in [0.1, 0.15) is 18.1 Å². The van der Waals surface area contributed by atoms with Gasteiger partial charge in [0.05, 0.1) is 34.3 Å². The highest BCUT2D eigenvalue weighted by molar-refractivity contribution is 7.22. The Hall–Kier alpha value is -4.05. The number of aryl methyl sites for hydroxylation is 1. The van der Waals surface area contributed by atoms with E-state index in [1.54, 1.807) is 0 Å². The molecule has 182 valence electrons. The topological polar surface area (TPSA) is 127 Å². The smallest absolute Gasteiger partial charge is 0.222 e. The second-order valence-electron chi connectivity index (χ2n) is 9.29. The van der Waals surface area contributed by atoms with Crippen LogP contribution in [0.3, 0.4) is 0 Å². The number of rotatable bonds is 5. The Balaban J connectivity index is 1.41. The standard InChI is InChI=1S/C26H26N8OS/c1-13(2)35-25-20-14(3)5-4-6-15(20)9-17(31-25)11-34-24-21(23(27)29-12-30-24)22(33-34)16-7-8-18-19(10-16)36-26(28)32-18/h4-10,12-13,21,24H,11H2,1-3H3,(H2,28,32)(H2,27,29,30). The third kappa shape index (κ3) is 3.83. The van der Waals surface area contributed by atoms with E-state index in [4.69, 9.17) is 26.3 Å². The second kappa shape index (κ2) is 8.56. The average Bonchev–Trinajstić information content (AvgIpc) is 3.38. The van der Waals surface area contributed by atoms with Gasteiger partial charge in [0.2, 0.25) is 5.88 Å². The number of nitrogens with two attached hydrogens (primary N) is 2. The molecule has 0 saturated heterocycles. The van der Waals surface area contributed by atoms with Crippen LogP contribution in [0.25, 0.3) is 21.0 Å². The number of thiazole rings is 1. The van der Waals surface area contributed by atoms with Crippen LogP contribution < -0.4 is 16.2 Å². The number of nitrogens with zero attached hydrogens (tertiary/aromatic N) is 6. The SMILES string of the molecule is Cc1cccc2cc(CN3N=C(c4ccc5nc(N)sc5c4)C4C(N)=NC=NC43)nc(OC(C)C)c12. The highest BCUT2D eigenvalue weighted by Gasteiger charge is 2.41. The highest BCUT2D eigenvalue weighted by atomic mass is 32.1. The zero-order valence-electron chi connectivity index (χ0n) is 20.2. The van der Waals surface area contributed by atoms with E-state index < -0.39 is 0 Å². The van der Waals surface area contributed by atoms with Crippen molar-refractivity contribution in [3.8, 4) is 5.88 Å². The number of pyridine rings is 1. The van der Waals surface area contributed by atoms with Gasteiger partial charge >= 0.3 is 0 Å². The van der Waals surface area contributed by atoms with Gasteiger partial charge in [-0.2, -0.15) is 5.10 Å². The second-order valence-corrected chi connectivity index (χ2v) is 10.3. The number of hydrogen-bond acceptors (Lipinski definition) is 10. The maximum atomic E-state index is 6.38. The summed E-state index contributed by atoms with van der Waals surface area (Å²) in [6.07, 6.45) is 1.22. The van der Waals surface area contributed by atoms with Crippen molar-refractivity contribution in [2.45, 2.75) is 39.6 Å². The summed E-state index contributed by atoms with van der Waals surface area (Å²) in [6.45, 7) is 6.54. The summed E-state index contributed by atoms with van der Waals surface area (Å²) < 4.78 is 7.12. The lowest BCUT2D eigenvalue weighted by molar-refractivity contribution is 0.207. The molecule has 2 unspecified atom stereocenters. The number of hydrazone groups is 1. The molecule has 2 aromatic carbocycles. The van der Waals surface area contributed by atoms with Gasteiger partial charge in [-0.15, -0.1) is 0 Å². The quantitative estimate of drug-likeness (QED) is 0.427. The van der Waals surface area contributed by atoms with Crippen molar-refractivity contribution >= 4 is 55.3 Å². The molecule has 0 radical (unpaired) electrons. The van der Waals surface area contributed by atoms with Crippen molar-refractivity contribution in [3.05, 3.63) is 59.3 Å². The van der Waals surface area contributed by atoms with Gasteiger partial charge in [-0.25, -0.2) is 20.0 Å². The molecule has 36 heavy (non-hydrogen) atoms. The summed E-state index contributed by atoms with van der Waals surface area (Å²) in [6, 6.07) is 14.3. The van der Waals surface area contributed by atoms with E-state index in [2.05, 4.69) is 46.2 Å².